The SMILES string of the molecule is CCCNC1CCCC1CCOc1cccc(Br)c1. The fourth-order valence-corrected chi connectivity index (χ4v) is 3.24. The van der Waals surface area contributed by atoms with Gasteiger partial charge in [0.2, 0.25) is 0 Å². The summed E-state index contributed by atoms with van der Waals surface area (Å²) >= 11 is 3.47. The number of nitrogens with one attached hydrogen (secondary N) is 1. The smallest absolute Gasteiger partial charge is 0.120 e. The molecular weight excluding hydrogens is 302 g/mol. The van der Waals surface area contributed by atoms with Crippen LogP contribution in [-0.2, 0) is 0 Å². The molecule has 2 rings (SSSR count). The van der Waals surface area contributed by atoms with Gasteiger partial charge in [-0.1, -0.05) is 35.3 Å². The van der Waals surface area contributed by atoms with Crippen LogP contribution in [0, 0.1) is 5.92 Å². The highest BCUT2D eigenvalue weighted by Gasteiger charge is 2.26. The van der Waals surface area contributed by atoms with Crippen molar-refractivity contribution < 1.29 is 4.74 Å². The first-order valence-corrected chi connectivity index (χ1v) is 8.20. The number of halogens is 1. The topological polar surface area (TPSA) is 21.3 Å². The van der Waals surface area contributed by atoms with Crippen LogP contribution in [0.15, 0.2) is 28.7 Å². The average molecular weight is 326 g/mol. The molecule has 1 N–H and O–H groups in total. The number of rotatable bonds is 7. The van der Waals surface area contributed by atoms with Crippen LogP contribution in [0.5, 0.6) is 5.75 Å². The van der Waals surface area contributed by atoms with Crippen LogP contribution in [0.4, 0.5) is 0 Å². The summed E-state index contributed by atoms with van der Waals surface area (Å²) in [6.07, 6.45) is 6.43. The minimum absolute atomic E-state index is 0.714. The van der Waals surface area contributed by atoms with Crippen LogP contribution in [0.1, 0.15) is 39.0 Å². The molecule has 1 saturated carbocycles. The number of hydrogen-bond acceptors (Lipinski definition) is 2. The van der Waals surface area contributed by atoms with Gasteiger partial charge in [-0.25, -0.2) is 0 Å². The molecule has 1 fully saturated rings. The Kier molecular flexibility index (Phi) is 6.18. The average Bonchev–Trinajstić information content (AvgIpc) is 2.84. The summed E-state index contributed by atoms with van der Waals surface area (Å²) in [6.45, 7) is 4.20. The van der Waals surface area contributed by atoms with Crippen molar-refractivity contribution in [3.8, 4) is 5.75 Å². The quantitative estimate of drug-likeness (QED) is 0.802. The lowest BCUT2D eigenvalue weighted by atomic mass is 10.00. The van der Waals surface area contributed by atoms with E-state index in [0.29, 0.717) is 6.04 Å². The van der Waals surface area contributed by atoms with E-state index < -0.39 is 0 Å². The molecule has 0 heterocycles. The molecule has 0 spiro atoms. The fraction of sp³-hybridized carbons (Fsp3) is 0.625. The highest BCUT2D eigenvalue weighted by molar-refractivity contribution is 9.10. The van der Waals surface area contributed by atoms with E-state index in [0.717, 1.165) is 35.7 Å². The van der Waals surface area contributed by atoms with E-state index in [9.17, 15) is 0 Å². The van der Waals surface area contributed by atoms with Crippen molar-refractivity contribution in [2.24, 2.45) is 5.92 Å². The second-order valence-electron chi connectivity index (χ2n) is 5.35. The summed E-state index contributed by atoms with van der Waals surface area (Å²) < 4.78 is 6.92. The number of ether oxygens (including phenoxy) is 1. The minimum atomic E-state index is 0.714. The third kappa shape index (κ3) is 4.81. The Morgan fingerprint density at radius 2 is 2.26 bits per heavy atom. The molecule has 0 aromatic heterocycles. The van der Waals surface area contributed by atoms with Gasteiger partial charge in [-0.15, -0.1) is 0 Å². The van der Waals surface area contributed by atoms with E-state index in [4.69, 9.17) is 4.74 Å². The summed E-state index contributed by atoms with van der Waals surface area (Å²) in [5, 5.41) is 3.68. The first-order chi connectivity index (χ1) is 9.29. The third-order valence-corrected chi connectivity index (χ3v) is 4.36. The Balaban J connectivity index is 1.72. The Hall–Kier alpha value is -0.540. The Bertz CT molecular complexity index is 383. The lowest BCUT2D eigenvalue weighted by Gasteiger charge is -2.21. The summed E-state index contributed by atoms with van der Waals surface area (Å²) in [6, 6.07) is 8.80. The third-order valence-electron chi connectivity index (χ3n) is 3.87. The van der Waals surface area contributed by atoms with Gasteiger partial charge in [0.1, 0.15) is 5.75 Å². The minimum Gasteiger partial charge on any atom is -0.494 e. The van der Waals surface area contributed by atoms with Gasteiger partial charge in [0.05, 0.1) is 6.61 Å². The molecule has 0 aliphatic heterocycles. The monoisotopic (exact) mass is 325 g/mol. The van der Waals surface area contributed by atoms with Gasteiger partial charge in [0.25, 0.3) is 0 Å². The highest BCUT2D eigenvalue weighted by atomic mass is 79.9. The van der Waals surface area contributed by atoms with E-state index >= 15 is 0 Å². The lowest BCUT2D eigenvalue weighted by Crippen LogP contribution is -2.33. The van der Waals surface area contributed by atoms with E-state index in [2.05, 4.69) is 28.2 Å². The van der Waals surface area contributed by atoms with Crippen molar-refractivity contribution in [1.82, 2.24) is 5.32 Å². The summed E-state index contributed by atoms with van der Waals surface area (Å²) in [5.74, 6) is 1.75. The molecule has 2 atom stereocenters. The molecule has 1 aliphatic rings. The molecule has 106 valence electrons. The van der Waals surface area contributed by atoms with Crippen LogP contribution >= 0.6 is 15.9 Å². The maximum absolute atomic E-state index is 5.84. The Morgan fingerprint density at radius 1 is 1.37 bits per heavy atom. The van der Waals surface area contributed by atoms with Gasteiger partial charge in [0, 0.05) is 10.5 Å². The molecule has 2 unspecified atom stereocenters. The molecule has 0 amide bonds. The fourth-order valence-electron chi connectivity index (χ4n) is 2.87. The van der Waals surface area contributed by atoms with Crippen molar-refractivity contribution in [3.63, 3.8) is 0 Å². The Labute approximate surface area is 125 Å². The zero-order valence-electron chi connectivity index (χ0n) is 11.7. The second-order valence-corrected chi connectivity index (χ2v) is 6.26. The summed E-state index contributed by atoms with van der Waals surface area (Å²) in [5.41, 5.74) is 0. The zero-order valence-corrected chi connectivity index (χ0v) is 13.3. The van der Waals surface area contributed by atoms with Crippen LogP contribution in [-0.4, -0.2) is 19.2 Å². The molecular formula is C16H24BrNO. The van der Waals surface area contributed by atoms with Crippen molar-refractivity contribution in [3.05, 3.63) is 28.7 Å². The van der Waals surface area contributed by atoms with Crippen LogP contribution < -0.4 is 10.1 Å². The van der Waals surface area contributed by atoms with Crippen molar-refractivity contribution in [2.75, 3.05) is 13.2 Å². The van der Waals surface area contributed by atoms with Crippen LogP contribution in [0.3, 0.4) is 0 Å². The summed E-state index contributed by atoms with van der Waals surface area (Å²) in [4.78, 5) is 0. The van der Waals surface area contributed by atoms with Gasteiger partial charge >= 0.3 is 0 Å². The maximum Gasteiger partial charge on any atom is 0.120 e. The molecule has 2 nitrogen and oxygen atoms in total. The maximum atomic E-state index is 5.84. The van der Waals surface area contributed by atoms with E-state index in [-0.39, 0.29) is 0 Å². The van der Waals surface area contributed by atoms with Gasteiger partial charge in [-0.2, -0.15) is 0 Å². The van der Waals surface area contributed by atoms with Crippen molar-refractivity contribution in [2.45, 2.75) is 45.1 Å². The van der Waals surface area contributed by atoms with E-state index in [1.165, 1.54) is 25.7 Å². The number of hydrogen-bond donors (Lipinski definition) is 1. The first kappa shape index (κ1) is 14.9. The Morgan fingerprint density at radius 3 is 3.05 bits per heavy atom. The molecule has 1 aromatic carbocycles. The lowest BCUT2D eigenvalue weighted by molar-refractivity contribution is 0.260. The highest BCUT2D eigenvalue weighted by Crippen LogP contribution is 2.28. The van der Waals surface area contributed by atoms with E-state index in [1.807, 2.05) is 24.3 Å². The molecule has 1 aliphatic carbocycles. The molecule has 3 heteroatoms. The van der Waals surface area contributed by atoms with Crippen LogP contribution in [0.2, 0.25) is 0 Å². The first-order valence-electron chi connectivity index (χ1n) is 7.41. The van der Waals surface area contributed by atoms with Gasteiger partial charge in [-0.3, -0.25) is 0 Å². The van der Waals surface area contributed by atoms with Gasteiger partial charge in [-0.05, 0) is 56.3 Å². The molecule has 0 saturated heterocycles. The van der Waals surface area contributed by atoms with Gasteiger partial charge in [0.15, 0.2) is 0 Å². The molecule has 1 aromatic rings. The predicted octanol–water partition coefficient (Wildman–Crippen LogP) is 4.39. The zero-order chi connectivity index (χ0) is 13.5. The largest absolute Gasteiger partial charge is 0.494 e. The van der Waals surface area contributed by atoms with Crippen LogP contribution in [0.25, 0.3) is 0 Å². The predicted molar refractivity (Wildman–Crippen MR) is 83.7 cm³/mol. The second kappa shape index (κ2) is 7.91. The standard InChI is InChI=1S/C16H24BrNO/c1-2-10-18-16-8-3-5-13(16)9-11-19-15-7-4-6-14(17)12-15/h4,6-7,12-13,16,18H,2-3,5,8-11H2,1H3. The molecule has 0 radical (unpaired) electrons. The summed E-state index contributed by atoms with van der Waals surface area (Å²) in [7, 11) is 0. The molecule has 0 bridgehead atoms. The van der Waals surface area contributed by atoms with Crippen molar-refractivity contribution >= 4 is 15.9 Å². The van der Waals surface area contributed by atoms with Crippen molar-refractivity contribution in [1.29, 1.82) is 0 Å². The van der Waals surface area contributed by atoms with E-state index in [1.54, 1.807) is 0 Å². The molecule has 19 heavy (non-hydrogen) atoms. The number of benzene rings is 1. The van der Waals surface area contributed by atoms with Gasteiger partial charge < -0.3 is 10.1 Å². The normalized spacial score (nSPS) is 22.6.